The van der Waals surface area contributed by atoms with Crippen molar-refractivity contribution in [1.29, 1.82) is 0 Å². The number of nitrogens with one attached hydrogen (secondary N) is 1. The fourth-order valence-corrected chi connectivity index (χ4v) is 4.44. The van der Waals surface area contributed by atoms with Gasteiger partial charge in [-0.3, -0.25) is 4.79 Å². The second-order valence-electron chi connectivity index (χ2n) is 6.94. The number of benzene rings is 2. The Kier molecular flexibility index (Phi) is 6.83. The van der Waals surface area contributed by atoms with E-state index in [0.717, 1.165) is 29.5 Å². The number of furan rings is 1. The molecule has 2 aromatic carbocycles. The molecule has 2 heterocycles. The molecule has 0 spiro atoms. The van der Waals surface area contributed by atoms with Crippen LogP contribution in [0.4, 0.5) is 13.2 Å². The fraction of sp³-hybridized carbons (Fsp3) is 0.136. The van der Waals surface area contributed by atoms with Crippen LogP contribution in [0.1, 0.15) is 16.9 Å². The minimum absolute atomic E-state index is 0.0152. The van der Waals surface area contributed by atoms with Gasteiger partial charge in [0.25, 0.3) is 0 Å². The Morgan fingerprint density at radius 1 is 1.09 bits per heavy atom. The molecule has 0 bridgehead atoms. The second-order valence-corrected chi connectivity index (χ2v) is 8.94. The molecule has 5 nitrogen and oxygen atoms in total. The number of halogens is 5. The van der Waals surface area contributed by atoms with Crippen LogP contribution in [0.3, 0.4) is 0 Å². The van der Waals surface area contributed by atoms with Crippen LogP contribution >= 0.6 is 35.0 Å². The largest absolute Gasteiger partial charge is 0.455 e. The molecule has 170 valence electrons. The van der Waals surface area contributed by atoms with E-state index in [4.69, 9.17) is 27.6 Å². The first kappa shape index (κ1) is 23.4. The number of carbonyl (C=O) groups is 1. The van der Waals surface area contributed by atoms with Crippen molar-refractivity contribution in [2.75, 3.05) is 0 Å². The van der Waals surface area contributed by atoms with Crippen molar-refractivity contribution in [3.63, 3.8) is 0 Å². The van der Waals surface area contributed by atoms with Crippen LogP contribution in [0.25, 0.3) is 11.3 Å². The number of amidine groups is 1. The summed E-state index contributed by atoms with van der Waals surface area (Å²) in [6.45, 7) is 0. The van der Waals surface area contributed by atoms with Gasteiger partial charge in [-0.05, 0) is 54.4 Å². The van der Waals surface area contributed by atoms with Crippen LogP contribution in [-0.2, 0) is 17.4 Å². The summed E-state index contributed by atoms with van der Waals surface area (Å²) < 4.78 is 44.6. The Morgan fingerprint density at radius 3 is 2.64 bits per heavy atom. The van der Waals surface area contributed by atoms with Crippen LogP contribution in [0.5, 0.6) is 0 Å². The van der Waals surface area contributed by atoms with Gasteiger partial charge in [-0.25, -0.2) is 0 Å². The minimum atomic E-state index is -4.50. The summed E-state index contributed by atoms with van der Waals surface area (Å²) >= 11 is 13.3. The normalized spacial score (nSPS) is 17.8. The topological polar surface area (TPSA) is 67.0 Å². The van der Waals surface area contributed by atoms with Crippen LogP contribution < -0.4 is 5.32 Å². The first-order valence-electron chi connectivity index (χ1n) is 9.49. The maximum atomic E-state index is 13.0. The molecule has 1 N–H and O–H groups in total. The summed E-state index contributed by atoms with van der Waals surface area (Å²) in [4.78, 5) is 12.2. The standard InChI is InChI=1S/C22H14Cl2F3N3O2S/c23-16-7-5-13(22(25,26)27)9-12(16)10-19-20(31)29-21(33-19)30-28-11-14-6-8-18(32-14)15-3-1-2-4-17(15)24/h1-9,11,19H,10H2,(H,29,30,31)/b28-11+. The zero-order valence-corrected chi connectivity index (χ0v) is 18.9. The van der Waals surface area contributed by atoms with Crippen molar-refractivity contribution in [1.82, 2.24) is 5.32 Å². The van der Waals surface area contributed by atoms with Gasteiger partial charge in [0.15, 0.2) is 5.17 Å². The zero-order chi connectivity index (χ0) is 23.6. The highest BCUT2D eigenvalue weighted by atomic mass is 35.5. The van der Waals surface area contributed by atoms with Crippen LogP contribution in [0.2, 0.25) is 10.0 Å². The lowest BCUT2D eigenvalue weighted by molar-refractivity contribution is -0.137. The lowest BCUT2D eigenvalue weighted by Crippen LogP contribution is -2.26. The number of rotatable bonds is 5. The maximum Gasteiger partial charge on any atom is 0.416 e. The van der Waals surface area contributed by atoms with Gasteiger partial charge in [-0.1, -0.05) is 47.1 Å². The molecule has 11 heteroatoms. The molecule has 0 aliphatic carbocycles. The molecule has 4 rings (SSSR count). The van der Waals surface area contributed by atoms with Crippen molar-refractivity contribution >= 4 is 52.3 Å². The van der Waals surface area contributed by atoms with Gasteiger partial charge in [0, 0.05) is 10.6 Å². The third-order valence-corrected chi connectivity index (χ3v) is 6.42. The van der Waals surface area contributed by atoms with E-state index in [0.29, 0.717) is 16.5 Å². The van der Waals surface area contributed by atoms with E-state index in [1.807, 2.05) is 18.2 Å². The summed E-state index contributed by atoms with van der Waals surface area (Å²) in [6.07, 6.45) is -3.11. The Hall–Kier alpha value is -2.75. The summed E-state index contributed by atoms with van der Waals surface area (Å²) in [6, 6.07) is 13.7. The van der Waals surface area contributed by atoms with E-state index in [9.17, 15) is 18.0 Å². The molecule has 1 unspecified atom stereocenters. The summed E-state index contributed by atoms with van der Waals surface area (Å²) in [5.74, 6) is 0.605. The highest BCUT2D eigenvalue weighted by Crippen LogP contribution is 2.34. The number of thioether (sulfide) groups is 1. The average molecular weight is 512 g/mol. The quantitative estimate of drug-likeness (QED) is 0.316. The van der Waals surface area contributed by atoms with Gasteiger partial charge in [0.05, 0.1) is 22.1 Å². The highest BCUT2D eigenvalue weighted by molar-refractivity contribution is 8.15. The highest BCUT2D eigenvalue weighted by Gasteiger charge is 2.34. The molecule has 1 saturated heterocycles. The molecule has 1 fully saturated rings. The number of amides is 1. The smallest absolute Gasteiger partial charge is 0.416 e. The van der Waals surface area contributed by atoms with Crippen LogP contribution in [0, 0.1) is 0 Å². The average Bonchev–Trinajstić information content (AvgIpc) is 3.36. The Balaban J connectivity index is 1.42. The third kappa shape index (κ3) is 5.61. The first-order valence-corrected chi connectivity index (χ1v) is 11.1. The SMILES string of the molecule is O=C1N/C(=N\N=C\c2ccc(-c3ccccc3Cl)o2)SC1Cc1cc(C(F)(F)F)ccc1Cl. The lowest BCUT2D eigenvalue weighted by atomic mass is 10.1. The molecule has 1 aliphatic heterocycles. The van der Waals surface area contributed by atoms with Crippen molar-refractivity contribution in [3.05, 3.63) is 81.5 Å². The van der Waals surface area contributed by atoms with Gasteiger partial charge in [-0.15, -0.1) is 5.10 Å². The summed E-state index contributed by atoms with van der Waals surface area (Å²) in [5, 5.41) is 10.7. The molecule has 1 aromatic heterocycles. The van der Waals surface area contributed by atoms with Gasteiger partial charge in [0.1, 0.15) is 11.5 Å². The molecule has 1 aliphatic rings. The number of hydrogen-bond donors (Lipinski definition) is 1. The van der Waals surface area contributed by atoms with Crippen molar-refractivity contribution in [3.8, 4) is 11.3 Å². The predicted molar refractivity (Wildman–Crippen MR) is 124 cm³/mol. The third-order valence-electron chi connectivity index (χ3n) is 4.65. The van der Waals surface area contributed by atoms with Crippen LogP contribution in [0.15, 0.2) is 69.2 Å². The van der Waals surface area contributed by atoms with E-state index < -0.39 is 17.0 Å². The van der Waals surface area contributed by atoms with E-state index >= 15 is 0 Å². The van der Waals surface area contributed by atoms with Crippen molar-refractivity contribution < 1.29 is 22.4 Å². The molecular weight excluding hydrogens is 498 g/mol. The van der Waals surface area contributed by atoms with Crippen molar-refractivity contribution in [2.24, 2.45) is 10.2 Å². The Morgan fingerprint density at radius 2 is 1.88 bits per heavy atom. The molecule has 0 radical (unpaired) electrons. The second kappa shape index (κ2) is 9.62. The maximum absolute atomic E-state index is 13.0. The van der Waals surface area contributed by atoms with Gasteiger partial charge >= 0.3 is 6.18 Å². The van der Waals surface area contributed by atoms with Gasteiger partial charge in [-0.2, -0.15) is 18.3 Å². The first-order chi connectivity index (χ1) is 15.7. The summed E-state index contributed by atoms with van der Waals surface area (Å²) in [7, 11) is 0. The minimum Gasteiger partial charge on any atom is -0.455 e. The molecule has 33 heavy (non-hydrogen) atoms. The van der Waals surface area contributed by atoms with Gasteiger partial charge < -0.3 is 9.73 Å². The fourth-order valence-electron chi connectivity index (χ4n) is 3.06. The zero-order valence-electron chi connectivity index (χ0n) is 16.6. The number of nitrogens with zero attached hydrogens (tertiary/aromatic N) is 2. The molecular formula is C22H14Cl2F3N3O2S. The Labute approximate surface area is 200 Å². The summed E-state index contributed by atoms with van der Waals surface area (Å²) in [5.41, 5.74) is 0.143. The van der Waals surface area contributed by atoms with E-state index in [-0.39, 0.29) is 28.1 Å². The van der Waals surface area contributed by atoms with E-state index in [1.165, 1.54) is 12.3 Å². The molecule has 1 amide bonds. The Bertz CT molecular complexity index is 1260. The lowest BCUT2D eigenvalue weighted by Gasteiger charge is -2.12. The monoisotopic (exact) mass is 511 g/mol. The predicted octanol–water partition coefficient (Wildman–Crippen LogP) is 6.44. The van der Waals surface area contributed by atoms with Gasteiger partial charge in [0.2, 0.25) is 5.91 Å². The van der Waals surface area contributed by atoms with E-state index in [2.05, 4.69) is 15.5 Å². The van der Waals surface area contributed by atoms with Crippen molar-refractivity contribution in [2.45, 2.75) is 17.8 Å². The number of alkyl halides is 3. The molecule has 0 saturated carbocycles. The number of carbonyl (C=O) groups excluding carboxylic acids is 1. The molecule has 1 atom stereocenters. The number of hydrogen-bond acceptors (Lipinski definition) is 5. The molecule has 3 aromatic rings. The van der Waals surface area contributed by atoms with Crippen LogP contribution in [-0.4, -0.2) is 22.5 Å². The van der Waals surface area contributed by atoms with E-state index in [1.54, 1.807) is 18.2 Å².